The van der Waals surface area contributed by atoms with E-state index >= 15 is 0 Å². The van der Waals surface area contributed by atoms with Crippen LogP contribution in [-0.2, 0) is 0 Å². The van der Waals surface area contributed by atoms with Crippen molar-refractivity contribution in [2.24, 2.45) is 0 Å². The molecule has 4 nitrogen and oxygen atoms in total. The van der Waals surface area contributed by atoms with E-state index in [0.29, 0.717) is 16.9 Å². The number of benzene rings is 2. The van der Waals surface area contributed by atoms with Gasteiger partial charge < -0.3 is 9.15 Å². The first-order valence-electron chi connectivity index (χ1n) is 7.36. The second kappa shape index (κ2) is 7.24. The maximum atomic E-state index is 12.1. The summed E-state index contributed by atoms with van der Waals surface area (Å²) in [5.41, 5.74) is 1.22. The van der Waals surface area contributed by atoms with Gasteiger partial charge in [-0.15, -0.1) is 0 Å². The quantitative estimate of drug-likeness (QED) is 0.303. The summed E-state index contributed by atoms with van der Waals surface area (Å²) in [7, 11) is 0. The number of carbonyl (C=O) groups excluding carboxylic acids is 2. The average Bonchev–Trinajstić information content (AvgIpc) is 3.16. The summed E-state index contributed by atoms with van der Waals surface area (Å²) in [5.74, 6) is -0.233. The normalized spacial score (nSPS) is 10.7. The number of esters is 1. The molecule has 0 aliphatic rings. The van der Waals surface area contributed by atoms with E-state index in [1.54, 1.807) is 60.7 Å². The smallest absolute Gasteiger partial charge is 0.379 e. The van der Waals surface area contributed by atoms with Crippen LogP contribution in [0.3, 0.4) is 0 Å². The molecule has 1 aromatic heterocycles. The number of rotatable bonds is 5. The van der Waals surface area contributed by atoms with Gasteiger partial charge in [0.05, 0.1) is 6.26 Å². The highest BCUT2D eigenvalue weighted by molar-refractivity contribution is 6.07. The molecule has 0 fully saturated rings. The fourth-order valence-corrected chi connectivity index (χ4v) is 2.12. The summed E-state index contributed by atoms with van der Waals surface area (Å²) in [6.07, 6.45) is 4.48. The van der Waals surface area contributed by atoms with E-state index in [-0.39, 0.29) is 11.5 Å². The second-order valence-corrected chi connectivity index (χ2v) is 4.97. The summed E-state index contributed by atoms with van der Waals surface area (Å²) in [5, 5.41) is 0. The summed E-state index contributed by atoms with van der Waals surface area (Å²) in [6, 6.07) is 19.1. The zero-order valence-corrected chi connectivity index (χ0v) is 12.7. The molecule has 0 amide bonds. The van der Waals surface area contributed by atoms with Gasteiger partial charge >= 0.3 is 5.97 Å². The highest BCUT2D eigenvalue weighted by Gasteiger charge is 2.13. The van der Waals surface area contributed by atoms with Crippen LogP contribution in [0.5, 0.6) is 5.75 Å². The monoisotopic (exact) mass is 318 g/mol. The van der Waals surface area contributed by atoms with Gasteiger partial charge in [0.1, 0.15) is 5.75 Å². The predicted octanol–water partition coefficient (Wildman–Crippen LogP) is 4.39. The first kappa shape index (κ1) is 15.5. The van der Waals surface area contributed by atoms with E-state index in [1.807, 2.05) is 6.07 Å². The van der Waals surface area contributed by atoms with Crippen LogP contribution in [0.25, 0.3) is 6.08 Å². The highest BCUT2D eigenvalue weighted by Crippen LogP contribution is 2.21. The van der Waals surface area contributed by atoms with E-state index in [9.17, 15) is 9.59 Å². The van der Waals surface area contributed by atoms with Crippen molar-refractivity contribution in [1.29, 1.82) is 0 Å². The minimum Gasteiger partial charge on any atom is -0.457 e. The van der Waals surface area contributed by atoms with Crippen molar-refractivity contribution in [2.75, 3.05) is 0 Å². The van der Waals surface area contributed by atoms with Crippen molar-refractivity contribution >= 4 is 17.8 Å². The lowest BCUT2D eigenvalue weighted by Crippen LogP contribution is -2.08. The van der Waals surface area contributed by atoms with E-state index in [1.165, 1.54) is 18.4 Å². The van der Waals surface area contributed by atoms with Crippen LogP contribution >= 0.6 is 0 Å². The lowest BCUT2D eigenvalue weighted by molar-refractivity contribution is 0.0701. The Labute approximate surface area is 139 Å². The van der Waals surface area contributed by atoms with E-state index in [0.717, 1.165) is 0 Å². The SMILES string of the molecule is O=C(/C=C/c1ccccc1OC(=O)c1ccco1)c1ccccc1. The molecule has 0 spiro atoms. The molecule has 0 N–H and O–H groups in total. The molecule has 0 unspecified atom stereocenters. The molecule has 0 saturated heterocycles. The van der Waals surface area contributed by atoms with Crippen LogP contribution in [0.2, 0.25) is 0 Å². The fraction of sp³-hybridized carbons (Fsp3) is 0. The first-order valence-corrected chi connectivity index (χ1v) is 7.36. The molecular formula is C20H14O4. The Morgan fingerprint density at radius 3 is 2.38 bits per heavy atom. The fourth-order valence-electron chi connectivity index (χ4n) is 2.12. The lowest BCUT2D eigenvalue weighted by atomic mass is 10.1. The molecule has 1 heterocycles. The number of ketones is 1. The molecule has 0 radical (unpaired) electrons. The molecule has 3 rings (SSSR count). The third-order valence-corrected chi connectivity index (χ3v) is 3.32. The van der Waals surface area contributed by atoms with Crippen molar-refractivity contribution in [2.45, 2.75) is 0 Å². The van der Waals surface area contributed by atoms with Gasteiger partial charge in [0, 0.05) is 11.1 Å². The Balaban J connectivity index is 1.78. The Kier molecular flexibility index (Phi) is 4.68. The van der Waals surface area contributed by atoms with Gasteiger partial charge in [-0.05, 0) is 30.4 Å². The van der Waals surface area contributed by atoms with Gasteiger partial charge in [0.2, 0.25) is 5.76 Å². The molecule has 0 atom stereocenters. The topological polar surface area (TPSA) is 56.5 Å². The van der Waals surface area contributed by atoms with Crippen LogP contribution in [-0.4, -0.2) is 11.8 Å². The number of hydrogen-bond acceptors (Lipinski definition) is 4. The van der Waals surface area contributed by atoms with Crippen molar-refractivity contribution in [3.63, 3.8) is 0 Å². The maximum Gasteiger partial charge on any atom is 0.379 e. The van der Waals surface area contributed by atoms with E-state index in [4.69, 9.17) is 9.15 Å². The molecule has 24 heavy (non-hydrogen) atoms. The molecule has 0 aliphatic heterocycles. The summed E-state index contributed by atoms with van der Waals surface area (Å²) >= 11 is 0. The van der Waals surface area contributed by atoms with Crippen molar-refractivity contribution in [1.82, 2.24) is 0 Å². The molecule has 0 aliphatic carbocycles. The van der Waals surface area contributed by atoms with Crippen molar-refractivity contribution in [3.05, 3.63) is 96.0 Å². The van der Waals surface area contributed by atoms with Crippen LogP contribution in [0.15, 0.2) is 83.5 Å². The second-order valence-electron chi connectivity index (χ2n) is 4.97. The number of hydrogen-bond donors (Lipinski definition) is 0. The number of furan rings is 1. The molecule has 3 aromatic rings. The third-order valence-electron chi connectivity index (χ3n) is 3.32. The van der Waals surface area contributed by atoms with Gasteiger partial charge in [-0.1, -0.05) is 48.5 Å². The van der Waals surface area contributed by atoms with Crippen LogP contribution in [0.4, 0.5) is 0 Å². The zero-order valence-electron chi connectivity index (χ0n) is 12.7. The van der Waals surface area contributed by atoms with Crippen LogP contribution in [0, 0.1) is 0 Å². The van der Waals surface area contributed by atoms with E-state index < -0.39 is 5.97 Å². The Morgan fingerprint density at radius 1 is 0.875 bits per heavy atom. The zero-order chi connectivity index (χ0) is 16.8. The van der Waals surface area contributed by atoms with Gasteiger partial charge in [-0.25, -0.2) is 4.79 Å². The van der Waals surface area contributed by atoms with E-state index in [2.05, 4.69) is 0 Å². The van der Waals surface area contributed by atoms with Gasteiger partial charge in [0.25, 0.3) is 0 Å². The Morgan fingerprint density at radius 2 is 1.62 bits per heavy atom. The summed E-state index contributed by atoms with van der Waals surface area (Å²) < 4.78 is 10.3. The summed E-state index contributed by atoms with van der Waals surface area (Å²) in [6.45, 7) is 0. The van der Waals surface area contributed by atoms with Crippen LogP contribution in [0.1, 0.15) is 26.5 Å². The molecule has 0 saturated carbocycles. The number of para-hydroxylation sites is 1. The molecule has 2 aromatic carbocycles. The highest BCUT2D eigenvalue weighted by atomic mass is 16.5. The maximum absolute atomic E-state index is 12.1. The predicted molar refractivity (Wildman–Crippen MR) is 89.9 cm³/mol. The summed E-state index contributed by atoms with van der Waals surface area (Å²) in [4.78, 5) is 24.1. The number of allylic oxidation sites excluding steroid dienone is 1. The molecular weight excluding hydrogens is 304 g/mol. The van der Waals surface area contributed by atoms with Crippen LogP contribution < -0.4 is 4.74 Å². The third kappa shape index (κ3) is 3.67. The molecule has 4 heteroatoms. The number of carbonyl (C=O) groups is 2. The van der Waals surface area contributed by atoms with Gasteiger partial charge in [0.15, 0.2) is 5.78 Å². The van der Waals surface area contributed by atoms with Gasteiger partial charge in [-0.2, -0.15) is 0 Å². The molecule has 118 valence electrons. The average molecular weight is 318 g/mol. The first-order chi connectivity index (χ1) is 11.7. The Hall–Kier alpha value is -3.40. The van der Waals surface area contributed by atoms with Gasteiger partial charge in [-0.3, -0.25) is 4.79 Å². The van der Waals surface area contributed by atoms with Crippen molar-refractivity contribution in [3.8, 4) is 5.75 Å². The van der Waals surface area contributed by atoms with Crippen molar-refractivity contribution < 1.29 is 18.7 Å². The standard InChI is InChI=1S/C20H14O4/c21-17(15-7-2-1-3-8-15)13-12-16-9-4-5-10-18(16)24-20(22)19-11-6-14-23-19/h1-14H/b13-12+. The minimum atomic E-state index is -0.588. The minimum absolute atomic E-state index is 0.120. The number of ether oxygens (including phenoxy) is 1. The Bertz CT molecular complexity index is 862. The largest absolute Gasteiger partial charge is 0.457 e. The lowest BCUT2D eigenvalue weighted by Gasteiger charge is -2.05. The molecule has 0 bridgehead atoms.